The number of anilines is 1. The zero-order valence-corrected chi connectivity index (χ0v) is 11.4. The van der Waals surface area contributed by atoms with Gasteiger partial charge in [0.2, 0.25) is 11.8 Å². The smallest absolute Gasteiger partial charge is 0.231 e. The van der Waals surface area contributed by atoms with E-state index in [4.69, 9.17) is 5.73 Å². The Kier molecular flexibility index (Phi) is 6.02. The maximum Gasteiger partial charge on any atom is 0.231 e. The molecule has 0 saturated carbocycles. The summed E-state index contributed by atoms with van der Waals surface area (Å²) in [6, 6.07) is 9.32. The van der Waals surface area contributed by atoms with Gasteiger partial charge in [-0.15, -0.1) is 0 Å². The summed E-state index contributed by atoms with van der Waals surface area (Å²) >= 11 is 0. The van der Waals surface area contributed by atoms with Crippen molar-refractivity contribution in [3.8, 4) is 0 Å². The summed E-state index contributed by atoms with van der Waals surface area (Å²) in [5, 5.41) is 2.98. The second kappa shape index (κ2) is 7.53. The Morgan fingerprint density at radius 3 is 2.47 bits per heavy atom. The van der Waals surface area contributed by atoms with Gasteiger partial charge in [0.15, 0.2) is 0 Å². The highest BCUT2D eigenvalue weighted by molar-refractivity contribution is 5.95. The molecule has 0 fully saturated rings. The first-order valence-electron chi connectivity index (χ1n) is 6.35. The molecule has 1 rings (SSSR count). The second-order valence-electron chi connectivity index (χ2n) is 4.50. The number of nitrogens with one attached hydrogen (secondary N) is 1. The van der Waals surface area contributed by atoms with Crippen LogP contribution in [0.2, 0.25) is 0 Å². The van der Waals surface area contributed by atoms with Crippen LogP contribution in [-0.4, -0.2) is 32.0 Å². The van der Waals surface area contributed by atoms with E-state index >= 15 is 0 Å². The van der Waals surface area contributed by atoms with Crippen LogP contribution in [0.3, 0.4) is 0 Å². The van der Waals surface area contributed by atoms with Gasteiger partial charge in [-0.05, 0) is 19.2 Å². The number of primary amides is 1. The molecule has 0 radical (unpaired) electrons. The summed E-state index contributed by atoms with van der Waals surface area (Å²) < 4.78 is 0. The Labute approximate surface area is 113 Å². The number of amides is 2. The largest absolute Gasteiger partial charge is 0.370 e. The number of benzene rings is 1. The zero-order valence-electron chi connectivity index (χ0n) is 11.4. The molecule has 0 aromatic heterocycles. The monoisotopic (exact) mass is 263 g/mol. The number of carbonyl (C=O) groups is 2. The standard InChI is InChI=1S/C14H21N3O2/c1-11(10-16-2)14(19)17(9-8-13(15)18)12-6-4-3-5-7-12/h3-7,11,16H,8-10H2,1-2H3,(H2,15,18). The first kappa shape index (κ1) is 15.2. The topological polar surface area (TPSA) is 75.4 Å². The Morgan fingerprint density at radius 1 is 1.32 bits per heavy atom. The molecule has 0 saturated heterocycles. The van der Waals surface area contributed by atoms with Gasteiger partial charge >= 0.3 is 0 Å². The number of hydrogen-bond acceptors (Lipinski definition) is 3. The summed E-state index contributed by atoms with van der Waals surface area (Å²) in [6.45, 7) is 2.77. The molecule has 1 unspecified atom stereocenters. The molecule has 0 aliphatic rings. The predicted molar refractivity (Wildman–Crippen MR) is 75.7 cm³/mol. The second-order valence-corrected chi connectivity index (χ2v) is 4.50. The molecule has 0 bridgehead atoms. The molecule has 104 valence electrons. The lowest BCUT2D eigenvalue weighted by Crippen LogP contribution is -2.40. The van der Waals surface area contributed by atoms with E-state index in [1.54, 1.807) is 11.9 Å². The molecule has 0 spiro atoms. The Morgan fingerprint density at radius 2 is 1.95 bits per heavy atom. The molecular formula is C14H21N3O2. The first-order chi connectivity index (χ1) is 9.06. The Hall–Kier alpha value is -1.88. The van der Waals surface area contributed by atoms with E-state index in [9.17, 15) is 9.59 Å². The van der Waals surface area contributed by atoms with E-state index in [0.29, 0.717) is 13.1 Å². The van der Waals surface area contributed by atoms with E-state index in [1.165, 1.54) is 0 Å². The van der Waals surface area contributed by atoms with E-state index in [0.717, 1.165) is 5.69 Å². The van der Waals surface area contributed by atoms with Gasteiger partial charge in [0.05, 0.1) is 0 Å². The fraction of sp³-hybridized carbons (Fsp3) is 0.429. The van der Waals surface area contributed by atoms with E-state index in [1.807, 2.05) is 37.3 Å². The minimum Gasteiger partial charge on any atom is -0.370 e. The summed E-state index contributed by atoms with van der Waals surface area (Å²) in [6.07, 6.45) is 0.160. The number of rotatable bonds is 7. The molecule has 1 aromatic rings. The van der Waals surface area contributed by atoms with Crippen molar-refractivity contribution >= 4 is 17.5 Å². The van der Waals surface area contributed by atoms with Crippen LogP contribution in [-0.2, 0) is 9.59 Å². The van der Waals surface area contributed by atoms with Gasteiger partial charge in [-0.25, -0.2) is 0 Å². The predicted octanol–water partition coefficient (Wildman–Crippen LogP) is 0.751. The van der Waals surface area contributed by atoms with Crippen molar-refractivity contribution in [3.05, 3.63) is 30.3 Å². The van der Waals surface area contributed by atoms with Crippen LogP contribution >= 0.6 is 0 Å². The average molecular weight is 263 g/mol. The van der Waals surface area contributed by atoms with E-state index in [-0.39, 0.29) is 18.2 Å². The van der Waals surface area contributed by atoms with Crippen molar-refractivity contribution in [1.29, 1.82) is 0 Å². The lowest BCUT2D eigenvalue weighted by Gasteiger charge is -2.25. The maximum atomic E-state index is 12.4. The molecule has 0 aliphatic carbocycles. The number of para-hydroxylation sites is 1. The van der Waals surface area contributed by atoms with Crippen molar-refractivity contribution < 1.29 is 9.59 Å². The number of nitrogens with two attached hydrogens (primary N) is 1. The normalized spacial score (nSPS) is 11.9. The van der Waals surface area contributed by atoms with Gasteiger partial charge in [0.25, 0.3) is 0 Å². The van der Waals surface area contributed by atoms with Crippen molar-refractivity contribution in [3.63, 3.8) is 0 Å². The molecule has 19 heavy (non-hydrogen) atoms. The maximum absolute atomic E-state index is 12.4. The molecule has 5 nitrogen and oxygen atoms in total. The Balaban J connectivity index is 2.86. The van der Waals surface area contributed by atoms with Gasteiger partial charge < -0.3 is 16.0 Å². The van der Waals surface area contributed by atoms with Crippen LogP contribution < -0.4 is 16.0 Å². The number of hydrogen-bond donors (Lipinski definition) is 2. The summed E-state index contributed by atoms with van der Waals surface area (Å²) in [5.41, 5.74) is 5.95. The van der Waals surface area contributed by atoms with Crippen LogP contribution in [0.5, 0.6) is 0 Å². The fourth-order valence-corrected chi connectivity index (χ4v) is 1.86. The summed E-state index contributed by atoms with van der Waals surface area (Å²) in [7, 11) is 1.81. The van der Waals surface area contributed by atoms with Gasteiger partial charge in [0.1, 0.15) is 0 Å². The highest BCUT2D eigenvalue weighted by Crippen LogP contribution is 2.16. The van der Waals surface area contributed by atoms with Crippen molar-refractivity contribution in [2.45, 2.75) is 13.3 Å². The fourth-order valence-electron chi connectivity index (χ4n) is 1.86. The Bertz CT molecular complexity index is 420. The molecule has 2 amide bonds. The van der Waals surface area contributed by atoms with Crippen LogP contribution in [0.1, 0.15) is 13.3 Å². The summed E-state index contributed by atoms with van der Waals surface area (Å²) in [4.78, 5) is 24.9. The lowest BCUT2D eigenvalue weighted by molar-refractivity contribution is -0.122. The quantitative estimate of drug-likeness (QED) is 0.762. The van der Waals surface area contributed by atoms with Gasteiger partial charge in [-0.2, -0.15) is 0 Å². The van der Waals surface area contributed by atoms with E-state index < -0.39 is 5.91 Å². The third kappa shape index (κ3) is 4.71. The average Bonchev–Trinajstić information content (AvgIpc) is 2.40. The minimum atomic E-state index is -0.407. The minimum absolute atomic E-state index is 0.0122. The van der Waals surface area contributed by atoms with Gasteiger partial charge in [0, 0.05) is 31.1 Å². The third-order valence-corrected chi connectivity index (χ3v) is 2.85. The van der Waals surface area contributed by atoms with E-state index in [2.05, 4.69) is 5.32 Å². The molecule has 1 atom stereocenters. The van der Waals surface area contributed by atoms with Gasteiger partial charge in [-0.1, -0.05) is 25.1 Å². The zero-order chi connectivity index (χ0) is 14.3. The third-order valence-electron chi connectivity index (χ3n) is 2.85. The number of nitrogens with zero attached hydrogens (tertiary/aromatic N) is 1. The first-order valence-corrected chi connectivity index (χ1v) is 6.35. The van der Waals surface area contributed by atoms with Crippen molar-refractivity contribution in [2.75, 3.05) is 25.0 Å². The van der Waals surface area contributed by atoms with Crippen LogP contribution in [0, 0.1) is 5.92 Å². The van der Waals surface area contributed by atoms with Crippen molar-refractivity contribution in [1.82, 2.24) is 5.32 Å². The van der Waals surface area contributed by atoms with Crippen LogP contribution in [0.4, 0.5) is 5.69 Å². The van der Waals surface area contributed by atoms with Crippen molar-refractivity contribution in [2.24, 2.45) is 11.7 Å². The molecule has 1 aromatic carbocycles. The highest BCUT2D eigenvalue weighted by atomic mass is 16.2. The molecule has 0 heterocycles. The van der Waals surface area contributed by atoms with Crippen LogP contribution in [0.25, 0.3) is 0 Å². The molecule has 0 aliphatic heterocycles. The van der Waals surface area contributed by atoms with Crippen LogP contribution in [0.15, 0.2) is 30.3 Å². The summed E-state index contributed by atoms with van der Waals surface area (Å²) in [5.74, 6) is -0.574. The molecule has 3 N–H and O–H groups in total. The number of carbonyl (C=O) groups excluding carboxylic acids is 2. The van der Waals surface area contributed by atoms with Gasteiger partial charge in [-0.3, -0.25) is 9.59 Å². The molecular weight excluding hydrogens is 242 g/mol. The SMILES string of the molecule is CNCC(C)C(=O)N(CCC(N)=O)c1ccccc1. The lowest BCUT2D eigenvalue weighted by atomic mass is 10.1. The highest BCUT2D eigenvalue weighted by Gasteiger charge is 2.21. The molecule has 5 heteroatoms.